The van der Waals surface area contributed by atoms with Gasteiger partial charge in [-0.1, -0.05) is 25.7 Å². The third kappa shape index (κ3) is 10.1. The maximum atomic E-state index is 13.4. The summed E-state index contributed by atoms with van der Waals surface area (Å²) in [5.74, 6) is 0.382. The number of fused-ring (bicyclic) bond motifs is 1. The van der Waals surface area contributed by atoms with Gasteiger partial charge in [0, 0.05) is 14.7 Å². The molecule has 1 aliphatic rings. The molecule has 1 heterocycles. The van der Waals surface area contributed by atoms with E-state index in [2.05, 4.69) is 24.4 Å². The van der Waals surface area contributed by atoms with Crippen molar-refractivity contribution in [2.24, 2.45) is 5.73 Å². The molecule has 2 aromatic rings. The fourth-order valence-electron chi connectivity index (χ4n) is 4.00. The Morgan fingerprint density at radius 3 is 2.41 bits per heavy atom. The monoisotopic (exact) mass is 620 g/mol. The van der Waals surface area contributed by atoms with Crippen LogP contribution in [0.15, 0.2) is 18.2 Å². The van der Waals surface area contributed by atoms with Gasteiger partial charge in [0.05, 0.1) is 51.6 Å². The lowest BCUT2D eigenvalue weighted by Gasteiger charge is -2.30. The molecule has 41 heavy (non-hydrogen) atoms. The second-order valence-electron chi connectivity index (χ2n) is 13.1. The zero-order valence-corrected chi connectivity index (χ0v) is 27.3. The van der Waals surface area contributed by atoms with Crippen LogP contribution in [0.2, 0.25) is 25.7 Å². The van der Waals surface area contributed by atoms with Crippen LogP contribution in [-0.2, 0) is 31.9 Å². The Balaban J connectivity index is 2.02. The summed E-state index contributed by atoms with van der Waals surface area (Å²) in [6, 6.07) is 5.35. The first-order valence-corrected chi connectivity index (χ1v) is 19.1. The molecule has 3 rings (SSSR count). The first-order valence-electron chi connectivity index (χ1n) is 14.2. The van der Waals surface area contributed by atoms with Crippen molar-refractivity contribution < 1.29 is 31.6 Å². The lowest BCUT2D eigenvalue weighted by Crippen LogP contribution is -2.43. The maximum Gasteiger partial charge on any atom is 0.414 e. The molecule has 1 saturated carbocycles. The number of halogens is 3. The molecule has 0 saturated heterocycles. The van der Waals surface area contributed by atoms with Gasteiger partial charge in [-0.15, -0.1) is 0 Å². The third-order valence-corrected chi connectivity index (χ3v) is 10.2. The predicted molar refractivity (Wildman–Crippen MR) is 160 cm³/mol. The summed E-state index contributed by atoms with van der Waals surface area (Å²) in [6.07, 6.45) is -5.21. The number of hydrogen-bond acceptors (Lipinski definition) is 6. The highest BCUT2D eigenvalue weighted by atomic mass is 32.2. The van der Waals surface area contributed by atoms with Crippen LogP contribution in [-0.4, -0.2) is 64.3 Å². The SMILES string of the molecule is C[C@H](O[C@H](C)C(NS(=O)C(C)(C)C)c1nc2cc([C@H](N)COC3CC3)ccc2n1COCC[Si](C)(C)C)C(F)(F)F. The number of benzene rings is 1. The number of nitrogens with zero attached hydrogens (tertiary/aromatic N) is 2. The van der Waals surface area contributed by atoms with Gasteiger partial charge in [-0.2, -0.15) is 13.2 Å². The Kier molecular flexibility index (Phi) is 11.3. The largest absolute Gasteiger partial charge is 0.414 e. The van der Waals surface area contributed by atoms with Crippen LogP contribution in [0.1, 0.15) is 70.9 Å². The molecule has 13 heteroatoms. The van der Waals surface area contributed by atoms with Crippen molar-refractivity contribution in [3.8, 4) is 0 Å². The number of hydrogen-bond donors (Lipinski definition) is 2. The molecule has 3 N–H and O–H groups in total. The minimum absolute atomic E-state index is 0.133. The molecule has 234 valence electrons. The Labute approximate surface area is 245 Å². The van der Waals surface area contributed by atoms with Crippen LogP contribution in [0.5, 0.6) is 0 Å². The summed E-state index contributed by atoms with van der Waals surface area (Å²) in [5.41, 5.74) is 8.59. The number of alkyl halides is 3. The summed E-state index contributed by atoms with van der Waals surface area (Å²) in [4.78, 5) is 4.85. The van der Waals surface area contributed by atoms with E-state index >= 15 is 0 Å². The molecule has 5 atom stereocenters. The Morgan fingerprint density at radius 2 is 1.85 bits per heavy atom. The summed E-state index contributed by atoms with van der Waals surface area (Å²) < 4.78 is 75.1. The normalized spacial score (nSPS) is 18.8. The number of ether oxygens (including phenoxy) is 3. The predicted octanol–water partition coefficient (Wildman–Crippen LogP) is 5.98. The molecule has 1 aliphatic carbocycles. The van der Waals surface area contributed by atoms with E-state index in [0.717, 1.165) is 36.9 Å². The van der Waals surface area contributed by atoms with Crippen LogP contribution in [0.25, 0.3) is 11.0 Å². The van der Waals surface area contributed by atoms with E-state index in [4.69, 9.17) is 24.9 Å². The summed E-state index contributed by atoms with van der Waals surface area (Å²) >= 11 is 0. The lowest BCUT2D eigenvalue weighted by molar-refractivity contribution is -0.227. The Bertz CT molecular complexity index is 1180. The highest BCUT2D eigenvalue weighted by molar-refractivity contribution is 7.84. The van der Waals surface area contributed by atoms with Crippen molar-refractivity contribution in [1.82, 2.24) is 14.3 Å². The summed E-state index contributed by atoms with van der Waals surface area (Å²) in [6.45, 7) is 15.7. The zero-order valence-electron chi connectivity index (χ0n) is 25.5. The zero-order chi connectivity index (χ0) is 30.8. The second kappa shape index (κ2) is 13.5. The van der Waals surface area contributed by atoms with Crippen LogP contribution in [0, 0.1) is 0 Å². The molecule has 0 bridgehead atoms. The van der Waals surface area contributed by atoms with E-state index in [1.807, 2.05) is 22.8 Å². The first kappa shape index (κ1) is 34.1. The Morgan fingerprint density at radius 1 is 1.20 bits per heavy atom. The van der Waals surface area contributed by atoms with E-state index in [-0.39, 0.29) is 18.9 Å². The van der Waals surface area contributed by atoms with Gasteiger partial charge < -0.3 is 24.5 Å². The Hall–Kier alpha value is -1.35. The van der Waals surface area contributed by atoms with E-state index < -0.39 is 48.2 Å². The van der Waals surface area contributed by atoms with Gasteiger partial charge in [0.1, 0.15) is 18.6 Å². The van der Waals surface area contributed by atoms with Gasteiger partial charge in [-0.25, -0.2) is 13.9 Å². The molecule has 0 spiro atoms. The fraction of sp³-hybridized carbons (Fsp3) is 0.750. The molecule has 1 aromatic heterocycles. The average molecular weight is 621 g/mol. The molecule has 0 aliphatic heterocycles. The maximum absolute atomic E-state index is 13.4. The van der Waals surface area contributed by atoms with Crippen molar-refractivity contribution in [1.29, 1.82) is 0 Å². The van der Waals surface area contributed by atoms with Crippen molar-refractivity contribution in [2.75, 3.05) is 13.2 Å². The lowest BCUT2D eigenvalue weighted by atomic mass is 10.1. The third-order valence-electron chi connectivity index (χ3n) is 6.90. The number of nitrogens with one attached hydrogen (secondary N) is 1. The van der Waals surface area contributed by atoms with Gasteiger partial charge in [0.15, 0.2) is 6.10 Å². The molecule has 0 radical (unpaired) electrons. The highest BCUT2D eigenvalue weighted by Crippen LogP contribution is 2.31. The molecular weight excluding hydrogens is 573 g/mol. The van der Waals surface area contributed by atoms with Crippen molar-refractivity contribution in [2.45, 2.75) is 121 Å². The number of aromatic nitrogens is 2. The van der Waals surface area contributed by atoms with E-state index in [1.54, 1.807) is 20.8 Å². The van der Waals surface area contributed by atoms with Crippen molar-refractivity contribution in [3.05, 3.63) is 29.6 Å². The fourth-order valence-corrected chi connectivity index (χ4v) is 5.64. The quantitative estimate of drug-likeness (QED) is 0.188. The van der Waals surface area contributed by atoms with Gasteiger partial charge in [0.2, 0.25) is 0 Å². The average Bonchev–Trinajstić information content (AvgIpc) is 3.61. The van der Waals surface area contributed by atoms with Gasteiger partial charge in [-0.3, -0.25) is 0 Å². The molecule has 0 amide bonds. The number of imidazole rings is 1. The number of rotatable bonds is 15. The molecule has 2 unspecified atom stereocenters. The topological polar surface area (TPSA) is 101 Å². The van der Waals surface area contributed by atoms with E-state index in [1.165, 1.54) is 6.92 Å². The van der Waals surface area contributed by atoms with Crippen LogP contribution in [0.3, 0.4) is 0 Å². The standard InChI is InChI=1S/C28H47F3N4O4SSi/c1-18(39-19(2)28(29,30)31)25(34-40(36)27(3,4)5)26-33-23-15-20(22(32)16-38-21-10-11-21)9-12-24(23)35(26)17-37-13-14-41(6,7)8/h9,12,15,18-19,21-22,25,34H,10-11,13-14,16-17,32H2,1-8H3/t18-,19+,22-,25?,40?/m1/s1. The van der Waals surface area contributed by atoms with E-state index in [9.17, 15) is 17.4 Å². The van der Waals surface area contributed by atoms with Crippen molar-refractivity contribution >= 4 is 30.1 Å². The van der Waals surface area contributed by atoms with Crippen LogP contribution < -0.4 is 10.5 Å². The molecule has 1 aromatic carbocycles. The van der Waals surface area contributed by atoms with E-state index in [0.29, 0.717) is 24.6 Å². The minimum atomic E-state index is -4.55. The van der Waals surface area contributed by atoms with Crippen molar-refractivity contribution in [3.63, 3.8) is 0 Å². The summed E-state index contributed by atoms with van der Waals surface area (Å²) in [7, 11) is -2.97. The molecule has 8 nitrogen and oxygen atoms in total. The highest BCUT2D eigenvalue weighted by Gasteiger charge is 2.40. The van der Waals surface area contributed by atoms with Gasteiger partial charge in [0.25, 0.3) is 0 Å². The number of nitrogens with two attached hydrogens (primary N) is 1. The smallest absolute Gasteiger partial charge is 0.376 e. The second-order valence-corrected chi connectivity index (χ2v) is 20.8. The molecule has 1 fully saturated rings. The first-order chi connectivity index (χ1) is 18.9. The minimum Gasteiger partial charge on any atom is -0.376 e. The van der Waals surface area contributed by atoms with Gasteiger partial charge >= 0.3 is 6.18 Å². The summed E-state index contributed by atoms with van der Waals surface area (Å²) in [5, 5.41) is 0. The van der Waals surface area contributed by atoms with Crippen LogP contribution in [0.4, 0.5) is 13.2 Å². The van der Waals surface area contributed by atoms with Crippen LogP contribution >= 0.6 is 0 Å². The van der Waals surface area contributed by atoms with Gasteiger partial charge in [-0.05, 0) is 71.2 Å². The molecular formula is C28H47F3N4O4SSi.